The number of nitrogens with zero attached hydrogens (tertiary/aromatic N) is 1. The Bertz CT molecular complexity index is 304. The molecule has 1 aromatic rings. The van der Waals surface area contributed by atoms with Crippen LogP contribution >= 0.6 is 0 Å². The van der Waals surface area contributed by atoms with E-state index in [0.717, 1.165) is 37.6 Å². The Morgan fingerprint density at radius 1 is 1.31 bits per heavy atom. The lowest BCUT2D eigenvalue weighted by Gasteiger charge is -2.17. The maximum absolute atomic E-state index is 5.82. The summed E-state index contributed by atoms with van der Waals surface area (Å²) < 4.78 is 5.01. The fourth-order valence-corrected chi connectivity index (χ4v) is 1.40. The zero-order chi connectivity index (χ0) is 11.8. The van der Waals surface area contributed by atoms with Gasteiger partial charge < -0.3 is 20.7 Å². The zero-order valence-corrected chi connectivity index (χ0v) is 10.1. The maximum Gasteiger partial charge on any atom is 0.0589 e. The monoisotopic (exact) mass is 223 g/mol. The number of anilines is 2. The van der Waals surface area contributed by atoms with Crippen molar-refractivity contribution in [1.29, 1.82) is 0 Å². The Hall–Kier alpha value is -1.26. The van der Waals surface area contributed by atoms with Gasteiger partial charge in [-0.05, 0) is 19.2 Å². The minimum atomic E-state index is 0.768. The van der Waals surface area contributed by atoms with Crippen LogP contribution in [-0.4, -0.2) is 45.3 Å². The average molecular weight is 223 g/mol. The number of likely N-dealkylation sites (N-methyl/N-ethyl adjacent to an activating group) is 1. The number of nitrogens with two attached hydrogens (primary N) is 1. The summed E-state index contributed by atoms with van der Waals surface area (Å²) in [6.45, 7) is 3.57. The van der Waals surface area contributed by atoms with E-state index in [-0.39, 0.29) is 0 Å². The second kappa shape index (κ2) is 7.09. The molecule has 16 heavy (non-hydrogen) atoms. The highest BCUT2D eigenvalue weighted by molar-refractivity contribution is 5.65. The standard InChI is InChI=1S/C12H21N3O/c1-15(9-10-16-2)8-7-14-12-6-4-3-5-11(12)13/h3-6,14H,7-10,13H2,1-2H3. The van der Waals surface area contributed by atoms with Crippen molar-refractivity contribution in [2.24, 2.45) is 0 Å². The van der Waals surface area contributed by atoms with Crippen molar-refractivity contribution >= 4 is 11.4 Å². The number of nitrogens with one attached hydrogen (secondary N) is 1. The maximum atomic E-state index is 5.82. The minimum Gasteiger partial charge on any atom is -0.397 e. The molecule has 1 rings (SSSR count). The first kappa shape index (κ1) is 12.8. The van der Waals surface area contributed by atoms with E-state index in [1.807, 2.05) is 24.3 Å². The van der Waals surface area contributed by atoms with Crippen molar-refractivity contribution in [3.05, 3.63) is 24.3 Å². The summed E-state index contributed by atoms with van der Waals surface area (Å²) >= 11 is 0. The van der Waals surface area contributed by atoms with Crippen LogP contribution in [-0.2, 0) is 4.74 Å². The van der Waals surface area contributed by atoms with Gasteiger partial charge in [0.25, 0.3) is 0 Å². The molecule has 0 aromatic heterocycles. The molecule has 0 aliphatic heterocycles. The van der Waals surface area contributed by atoms with E-state index in [1.165, 1.54) is 0 Å². The van der Waals surface area contributed by atoms with E-state index in [1.54, 1.807) is 7.11 Å². The molecule has 0 saturated carbocycles. The number of nitrogen functional groups attached to an aromatic ring is 1. The van der Waals surface area contributed by atoms with Crippen molar-refractivity contribution in [3.8, 4) is 0 Å². The molecule has 0 heterocycles. The number of methoxy groups -OCH3 is 1. The van der Waals surface area contributed by atoms with Gasteiger partial charge in [0.15, 0.2) is 0 Å². The van der Waals surface area contributed by atoms with E-state index in [4.69, 9.17) is 10.5 Å². The SMILES string of the molecule is COCCN(C)CCNc1ccccc1N. The van der Waals surface area contributed by atoms with Crippen LogP contribution < -0.4 is 11.1 Å². The third kappa shape index (κ3) is 4.51. The number of hydrogen-bond donors (Lipinski definition) is 2. The molecule has 0 spiro atoms. The highest BCUT2D eigenvalue weighted by Crippen LogP contribution is 2.15. The number of para-hydroxylation sites is 2. The predicted octanol–water partition coefficient (Wildman–Crippen LogP) is 1.26. The summed E-state index contributed by atoms with van der Waals surface area (Å²) in [6, 6.07) is 7.81. The molecular formula is C12H21N3O. The normalized spacial score (nSPS) is 10.7. The third-order valence-electron chi connectivity index (χ3n) is 2.45. The number of rotatable bonds is 7. The fraction of sp³-hybridized carbons (Fsp3) is 0.500. The van der Waals surface area contributed by atoms with E-state index < -0.39 is 0 Å². The molecule has 0 fully saturated rings. The molecule has 90 valence electrons. The average Bonchev–Trinajstić information content (AvgIpc) is 2.29. The Labute approximate surface area is 97.4 Å². The van der Waals surface area contributed by atoms with Crippen molar-refractivity contribution in [1.82, 2.24) is 4.90 Å². The molecule has 4 nitrogen and oxygen atoms in total. The lowest BCUT2D eigenvalue weighted by molar-refractivity contribution is 0.163. The molecule has 1 aromatic carbocycles. The van der Waals surface area contributed by atoms with Crippen LogP contribution in [0.2, 0.25) is 0 Å². The van der Waals surface area contributed by atoms with Gasteiger partial charge in [-0.25, -0.2) is 0 Å². The highest BCUT2D eigenvalue weighted by Gasteiger charge is 1.99. The van der Waals surface area contributed by atoms with Gasteiger partial charge in [0.2, 0.25) is 0 Å². The first-order chi connectivity index (χ1) is 7.74. The lowest BCUT2D eigenvalue weighted by Crippen LogP contribution is -2.28. The van der Waals surface area contributed by atoms with E-state index in [9.17, 15) is 0 Å². The quantitative estimate of drug-likeness (QED) is 0.683. The van der Waals surface area contributed by atoms with Crippen LogP contribution in [0, 0.1) is 0 Å². The van der Waals surface area contributed by atoms with Crippen LogP contribution in [0.5, 0.6) is 0 Å². The first-order valence-electron chi connectivity index (χ1n) is 5.50. The Balaban J connectivity index is 2.23. The topological polar surface area (TPSA) is 50.5 Å². The minimum absolute atomic E-state index is 0.768. The van der Waals surface area contributed by atoms with E-state index in [2.05, 4.69) is 17.3 Å². The number of hydrogen-bond acceptors (Lipinski definition) is 4. The fourth-order valence-electron chi connectivity index (χ4n) is 1.40. The van der Waals surface area contributed by atoms with Gasteiger partial charge in [-0.15, -0.1) is 0 Å². The molecule has 4 heteroatoms. The molecule has 0 unspecified atom stereocenters. The lowest BCUT2D eigenvalue weighted by atomic mass is 10.3. The van der Waals surface area contributed by atoms with Gasteiger partial charge in [-0.2, -0.15) is 0 Å². The van der Waals surface area contributed by atoms with Crippen molar-refractivity contribution < 1.29 is 4.74 Å². The van der Waals surface area contributed by atoms with Gasteiger partial charge in [0, 0.05) is 26.7 Å². The molecule has 0 aliphatic rings. The van der Waals surface area contributed by atoms with Crippen molar-refractivity contribution in [3.63, 3.8) is 0 Å². The summed E-state index contributed by atoms with van der Waals surface area (Å²) in [6.07, 6.45) is 0. The van der Waals surface area contributed by atoms with Gasteiger partial charge in [0.1, 0.15) is 0 Å². The summed E-state index contributed by atoms with van der Waals surface area (Å²) in [4.78, 5) is 2.22. The predicted molar refractivity (Wildman–Crippen MR) is 68.7 cm³/mol. The molecule has 0 radical (unpaired) electrons. The van der Waals surface area contributed by atoms with Crippen molar-refractivity contribution in [2.45, 2.75) is 0 Å². The van der Waals surface area contributed by atoms with Crippen LogP contribution in [0.15, 0.2) is 24.3 Å². The molecular weight excluding hydrogens is 202 g/mol. The van der Waals surface area contributed by atoms with Gasteiger partial charge >= 0.3 is 0 Å². The highest BCUT2D eigenvalue weighted by atomic mass is 16.5. The Morgan fingerprint density at radius 2 is 2.06 bits per heavy atom. The van der Waals surface area contributed by atoms with E-state index in [0.29, 0.717) is 0 Å². The molecule has 0 amide bonds. The van der Waals surface area contributed by atoms with Crippen LogP contribution in [0.4, 0.5) is 11.4 Å². The number of ether oxygens (including phenoxy) is 1. The molecule has 0 aliphatic carbocycles. The van der Waals surface area contributed by atoms with Crippen LogP contribution in [0.25, 0.3) is 0 Å². The number of benzene rings is 1. The third-order valence-corrected chi connectivity index (χ3v) is 2.45. The second-order valence-electron chi connectivity index (χ2n) is 3.81. The Kier molecular flexibility index (Phi) is 5.67. The molecule has 0 atom stereocenters. The first-order valence-corrected chi connectivity index (χ1v) is 5.50. The Morgan fingerprint density at radius 3 is 2.75 bits per heavy atom. The van der Waals surface area contributed by atoms with Gasteiger partial charge in [-0.3, -0.25) is 0 Å². The molecule has 0 saturated heterocycles. The summed E-state index contributed by atoms with van der Waals surface area (Å²) in [7, 11) is 3.80. The van der Waals surface area contributed by atoms with Gasteiger partial charge in [-0.1, -0.05) is 12.1 Å². The van der Waals surface area contributed by atoms with Crippen LogP contribution in [0.3, 0.4) is 0 Å². The van der Waals surface area contributed by atoms with Crippen LogP contribution in [0.1, 0.15) is 0 Å². The summed E-state index contributed by atoms with van der Waals surface area (Å²) in [5.74, 6) is 0. The van der Waals surface area contributed by atoms with Crippen molar-refractivity contribution in [2.75, 3.05) is 51.4 Å². The van der Waals surface area contributed by atoms with Gasteiger partial charge in [0.05, 0.1) is 18.0 Å². The largest absolute Gasteiger partial charge is 0.397 e. The zero-order valence-electron chi connectivity index (χ0n) is 10.1. The molecule has 0 bridgehead atoms. The smallest absolute Gasteiger partial charge is 0.0589 e. The van der Waals surface area contributed by atoms with E-state index >= 15 is 0 Å². The summed E-state index contributed by atoms with van der Waals surface area (Å²) in [5.41, 5.74) is 7.62. The molecule has 3 N–H and O–H groups in total. The second-order valence-corrected chi connectivity index (χ2v) is 3.81. The summed E-state index contributed by atoms with van der Waals surface area (Å²) in [5, 5.41) is 3.31.